The first kappa shape index (κ1) is 10.7. The molecule has 0 bridgehead atoms. The molecular formula is C10H17NOS. The van der Waals surface area contributed by atoms with Gasteiger partial charge in [-0.2, -0.15) is 0 Å². The quantitative estimate of drug-likeness (QED) is 0.767. The Morgan fingerprint density at radius 2 is 2.08 bits per heavy atom. The second-order valence-electron chi connectivity index (χ2n) is 4.28. The molecule has 1 unspecified atom stereocenters. The van der Waals surface area contributed by atoms with Crippen LogP contribution in [0.2, 0.25) is 0 Å². The Bertz CT molecular complexity index is 275. The molecule has 1 heterocycles. The van der Waals surface area contributed by atoms with Crippen LogP contribution in [0.3, 0.4) is 0 Å². The van der Waals surface area contributed by atoms with Crippen LogP contribution >= 0.6 is 11.3 Å². The lowest BCUT2D eigenvalue weighted by Gasteiger charge is -2.24. The molecule has 0 amide bonds. The van der Waals surface area contributed by atoms with Crippen LogP contribution in [-0.4, -0.2) is 5.11 Å². The number of hydrogen-bond acceptors (Lipinski definition) is 3. The molecule has 3 heteroatoms. The topological polar surface area (TPSA) is 46.2 Å². The van der Waals surface area contributed by atoms with Gasteiger partial charge in [0.1, 0.15) is 0 Å². The minimum absolute atomic E-state index is 0.100. The van der Waals surface area contributed by atoms with Crippen molar-refractivity contribution < 1.29 is 5.11 Å². The van der Waals surface area contributed by atoms with E-state index in [1.54, 1.807) is 11.3 Å². The van der Waals surface area contributed by atoms with Crippen LogP contribution in [0.5, 0.6) is 0 Å². The van der Waals surface area contributed by atoms with Crippen molar-refractivity contribution in [3.05, 3.63) is 21.9 Å². The maximum absolute atomic E-state index is 9.94. The van der Waals surface area contributed by atoms with Crippen LogP contribution in [0.25, 0.3) is 0 Å². The maximum Gasteiger partial charge on any atom is 0.0930 e. The first-order valence-electron chi connectivity index (χ1n) is 4.42. The van der Waals surface area contributed by atoms with Gasteiger partial charge in [-0.05, 0) is 17.5 Å². The van der Waals surface area contributed by atoms with Crippen molar-refractivity contribution in [2.45, 2.75) is 33.4 Å². The summed E-state index contributed by atoms with van der Waals surface area (Å²) < 4.78 is 0. The number of hydrogen-bond donors (Lipinski definition) is 2. The van der Waals surface area contributed by atoms with Crippen LogP contribution < -0.4 is 5.73 Å². The summed E-state index contributed by atoms with van der Waals surface area (Å²) >= 11 is 1.59. The highest BCUT2D eigenvalue weighted by Gasteiger charge is 2.24. The Balaban J connectivity index is 2.83. The lowest BCUT2D eigenvalue weighted by Crippen LogP contribution is -2.16. The van der Waals surface area contributed by atoms with Crippen molar-refractivity contribution in [3.8, 4) is 0 Å². The van der Waals surface area contributed by atoms with E-state index in [9.17, 15) is 5.11 Å². The first-order valence-corrected chi connectivity index (χ1v) is 5.23. The van der Waals surface area contributed by atoms with Gasteiger partial charge in [-0.1, -0.05) is 20.8 Å². The highest BCUT2D eigenvalue weighted by molar-refractivity contribution is 7.12. The fourth-order valence-corrected chi connectivity index (χ4v) is 2.20. The third kappa shape index (κ3) is 2.53. The van der Waals surface area contributed by atoms with Crippen molar-refractivity contribution in [2.75, 3.05) is 0 Å². The molecule has 0 saturated heterocycles. The molecule has 1 atom stereocenters. The standard InChI is InChI=1S/C10H17NOS/c1-10(2,3)9(12)8-5-4-7(6-11)13-8/h4-5,9,12H,6,11H2,1-3H3. The summed E-state index contributed by atoms with van der Waals surface area (Å²) in [5.74, 6) is 0. The highest BCUT2D eigenvalue weighted by atomic mass is 32.1. The van der Waals surface area contributed by atoms with Crippen LogP contribution in [0.1, 0.15) is 36.6 Å². The average Bonchev–Trinajstić information content (AvgIpc) is 2.48. The fraction of sp³-hybridized carbons (Fsp3) is 0.600. The number of thiophene rings is 1. The van der Waals surface area contributed by atoms with E-state index in [0.717, 1.165) is 9.75 Å². The van der Waals surface area contributed by atoms with Gasteiger partial charge in [0.15, 0.2) is 0 Å². The molecule has 0 spiro atoms. The van der Waals surface area contributed by atoms with Gasteiger partial charge in [0.25, 0.3) is 0 Å². The van der Waals surface area contributed by atoms with Crippen LogP contribution in [0.15, 0.2) is 12.1 Å². The molecule has 13 heavy (non-hydrogen) atoms. The zero-order valence-corrected chi connectivity index (χ0v) is 9.19. The van der Waals surface area contributed by atoms with Gasteiger partial charge in [-0.25, -0.2) is 0 Å². The molecule has 0 aromatic carbocycles. The number of rotatable bonds is 2. The number of nitrogens with two attached hydrogens (primary N) is 1. The second kappa shape index (κ2) is 3.78. The Morgan fingerprint density at radius 1 is 1.46 bits per heavy atom. The SMILES string of the molecule is CC(C)(C)C(O)c1ccc(CN)s1. The van der Waals surface area contributed by atoms with E-state index in [1.807, 2.05) is 32.9 Å². The predicted octanol–water partition coefficient (Wildman–Crippen LogP) is 2.29. The van der Waals surface area contributed by atoms with Crippen LogP contribution in [0.4, 0.5) is 0 Å². The van der Waals surface area contributed by atoms with Crippen LogP contribution in [-0.2, 0) is 6.54 Å². The lowest BCUT2D eigenvalue weighted by molar-refractivity contribution is 0.0658. The van der Waals surface area contributed by atoms with Gasteiger partial charge < -0.3 is 10.8 Å². The normalized spacial score (nSPS) is 14.5. The summed E-state index contributed by atoms with van der Waals surface area (Å²) in [7, 11) is 0. The summed E-state index contributed by atoms with van der Waals surface area (Å²) in [5, 5.41) is 9.94. The van der Waals surface area contributed by atoms with Crippen LogP contribution in [0, 0.1) is 5.41 Å². The molecule has 0 saturated carbocycles. The largest absolute Gasteiger partial charge is 0.387 e. The Hall–Kier alpha value is -0.380. The summed E-state index contributed by atoms with van der Waals surface area (Å²) in [6.07, 6.45) is -0.391. The third-order valence-corrected chi connectivity index (χ3v) is 3.13. The predicted molar refractivity (Wildman–Crippen MR) is 56.6 cm³/mol. The Morgan fingerprint density at radius 3 is 2.46 bits per heavy atom. The van der Waals surface area contributed by atoms with E-state index in [2.05, 4.69) is 0 Å². The van der Waals surface area contributed by atoms with E-state index < -0.39 is 6.10 Å². The van der Waals surface area contributed by atoms with Crippen molar-refractivity contribution in [1.82, 2.24) is 0 Å². The van der Waals surface area contributed by atoms with Gasteiger partial charge in [-0.3, -0.25) is 0 Å². The molecule has 0 aliphatic rings. The smallest absolute Gasteiger partial charge is 0.0930 e. The summed E-state index contributed by atoms with van der Waals surface area (Å²) in [6, 6.07) is 3.94. The second-order valence-corrected chi connectivity index (χ2v) is 5.48. The molecule has 3 N–H and O–H groups in total. The van der Waals surface area contributed by atoms with E-state index in [1.165, 1.54) is 0 Å². The highest BCUT2D eigenvalue weighted by Crippen LogP contribution is 2.35. The minimum Gasteiger partial charge on any atom is -0.387 e. The van der Waals surface area contributed by atoms with Crippen molar-refractivity contribution in [3.63, 3.8) is 0 Å². The molecule has 0 fully saturated rings. The van der Waals surface area contributed by atoms with Gasteiger partial charge in [0, 0.05) is 16.3 Å². The van der Waals surface area contributed by atoms with E-state index in [4.69, 9.17) is 5.73 Å². The lowest BCUT2D eigenvalue weighted by atomic mass is 9.88. The zero-order chi connectivity index (χ0) is 10.1. The monoisotopic (exact) mass is 199 g/mol. The zero-order valence-electron chi connectivity index (χ0n) is 8.37. The van der Waals surface area contributed by atoms with E-state index >= 15 is 0 Å². The Labute approximate surface area is 83.4 Å². The molecule has 0 radical (unpaired) electrons. The Kier molecular flexibility index (Phi) is 3.11. The van der Waals surface area contributed by atoms with Crippen molar-refractivity contribution in [2.24, 2.45) is 11.1 Å². The van der Waals surface area contributed by atoms with Gasteiger partial charge in [0.05, 0.1) is 6.10 Å². The fourth-order valence-electron chi connectivity index (χ4n) is 1.08. The summed E-state index contributed by atoms with van der Waals surface area (Å²) in [5.41, 5.74) is 5.40. The molecule has 1 aromatic rings. The maximum atomic E-state index is 9.94. The molecule has 2 nitrogen and oxygen atoms in total. The average molecular weight is 199 g/mol. The first-order chi connectivity index (χ1) is 5.95. The van der Waals surface area contributed by atoms with Gasteiger partial charge >= 0.3 is 0 Å². The van der Waals surface area contributed by atoms with E-state index in [0.29, 0.717) is 6.54 Å². The minimum atomic E-state index is -0.391. The van der Waals surface area contributed by atoms with E-state index in [-0.39, 0.29) is 5.41 Å². The van der Waals surface area contributed by atoms with Crippen molar-refractivity contribution >= 4 is 11.3 Å². The van der Waals surface area contributed by atoms with Crippen molar-refractivity contribution in [1.29, 1.82) is 0 Å². The molecule has 1 rings (SSSR count). The van der Waals surface area contributed by atoms with Gasteiger partial charge in [-0.15, -0.1) is 11.3 Å². The number of aliphatic hydroxyl groups is 1. The molecule has 74 valence electrons. The molecule has 1 aromatic heterocycles. The third-order valence-electron chi connectivity index (χ3n) is 1.97. The van der Waals surface area contributed by atoms with Gasteiger partial charge in [0.2, 0.25) is 0 Å². The molecule has 0 aliphatic carbocycles. The number of aliphatic hydroxyl groups excluding tert-OH is 1. The summed E-state index contributed by atoms with van der Waals surface area (Å²) in [4.78, 5) is 2.13. The molecule has 0 aliphatic heterocycles. The summed E-state index contributed by atoms with van der Waals surface area (Å²) in [6.45, 7) is 6.64. The molecular weight excluding hydrogens is 182 g/mol.